The van der Waals surface area contributed by atoms with Crippen LogP contribution in [0.2, 0.25) is 0 Å². The molecule has 0 atom stereocenters. The van der Waals surface area contributed by atoms with Crippen molar-refractivity contribution >= 4 is 65.4 Å². The van der Waals surface area contributed by atoms with Gasteiger partial charge in [0.05, 0.1) is 16.4 Å². The van der Waals surface area contributed by atoms with Gasteiger partial charge in [-0.2, -0.15) is 0 Å². The molecular weight excluding hydrogens is 611 g/mol. The lowest BCUT2D eigenvalue weighted by atomic mass is 9.88. The van der Waals surface area contributed by atoms with Crippen molar-refractivity contribution in [3.8, 4) is 39.5 Å². The van der Waals surface area contributed by atoms with Crippen LogP contribution in [0.15, 0.2) is 168 Å². The van der Waals surface area contributed by atoms with Gasteiger partial charge in [0.15, 0.2) is 11.4 Å². The zero-order valence-electron chi connectivity index (χ0n) is 26.8. The first kappa shape index (κ1) is 27.2. The highest BCUT2D eigenvalue weighted by atomic mass is 16.3. The van der Waals surface area contributed by atoms with E-state index in [-0.39, 0.29) is 0 Å². The molecule has 3 aromatic heterocycles. The number of fused-ring (bicyclic) bond motifs is 6. The van der Waals surface area contributed by atoms with Gasteiger partial charge < -0.3 is 8.98 Å². The van der Waals surface area contributed by atoms with E-state index in [0.717, 1.165) is 50.1 Å². The monoisotopic (exact) mass is 637 g/mol. The topological polar surface area (TPSA) is 43.9 Å². The summed E-state index contributed by atoms with van der Waals surface area (Å²) < 4.78 is 9.15. The van der Waals surface area contributed by atoms with E-state index in [1.165, 1.54) is 43.4 Å². The Bertz CT molecular complexity index is 3070. The second kappa shape index (κ2) is 10.4. The van der Waals surface area contributed by atoms with Crippen LogP contribution in [0.5, 0.6) is 0 Å². The average molecular weight is 638 g/mol. The summed E-state index contributed by atoms with van der Waals surface area (Å²) >= 11 is 0. The van der Waals surface area contributed by atoms with E-state index in [4.69, 9.17) is 14.4 Å². The summed E-state index contributed by atoms with van der Waals surface area (Å²) in [6, 6.07) is 57.6. The molecule has 0 amide bonds. The molecule has 0 unspecified atom stereocenters. The molecular formula is C46H27N3O. The Balaban J connectivity index is 1.30. The Morgan fingerprint density at radius 1 is 0.420 bits per heavy atom. The highest BCUT2D eigenvalue weighted by molar-refractivity contribution is 6.37. The first-order valence-corrected chi connectivity index (χ1v) is 16.9. The lowest BCUT2D eigenvalue weighted by Crippen LogP contribution is -1.94. The number of hydrogen-bond acceptors (Lipinski definition) is 3. The molecule has 4 nitrogen and oxygen atoms in total. The van der Waals surface area contributed by atoms with Crippen molar-refractivity contribution in [3.63, 3.8) is 0 Å². The van der Waals surface area contributed by atoms with Crippen molar-refractivity contribution in [2.75, 3.05) is 0 Å². The van der Waals surface area contributed by atoms with Crippen LogP contribution in [0.1, 0.15) is 0 Å². The van der Waals surface area contributed by atoms with Crippen LogP contribution in [0.25, 0.3) is 105 Å². The van der Waals surface area contributed by atoms with Gasteiger partial charge in [0, 0.05) is 33.0 Å². The van der Waals surface area contributed by atoms with E-state index in [1.807, 2.05) is 36.4 Å². The summed E-state index contributed by atoms with van der Waals surface area (Å²) in [5.41, 5.74) is 10.8. The molecule has 11 rings (SSSR count). The number of nitrogens with zero attached hydrogens (tertiary/aromatic N) is 3. The predicted octanol–water partition coefficient (Wildman–Crippen LogP) is 12.2. The molecule has 0 N–H and O–H groups in total. The van der Waals surface area contributed by atoms with E-state index in [9.17, 15) is 0 Å². The fraction of sp³-hybridized carbons (Fsp3) is 0. The molecule has 0 radical (unpaired) electrons. The molecule has 0 saturated heterocycles. The van der Waals surface area contributed by atoms with Gasteiger partial charge >= 0.3 is 0 Å². The van der Waals surface area contributed by atoms with E-state index in [0.29, 0.717) is 11.4 Å². The highest BCUT2D eigenvalue weighted by Crippen LogP contribution is 2.49. The van der Waals surface area contributed by atoms with Gasteiger partial charge in [-0.25, -0.2) is 9.97 Å². The minimum absolute atomic E-state index is 0.673. The average Bonchev–Trinajstić information content (AvgIpc) is 3.74. The molecule has 0 bridgehead atoms. The fourth-order valence-corrected chi connectivity index (χ4v) is 8.09. The summed E-state index contributed by atoms with van der Waals surface area (Å²) in [5.74, 6) is 0.673. The van der Waals surface area contributed by atoms with Gasteiger partial charge in [-0.15, -0.1) is 0 Å². The summed E-state index contributed by atoms with van der Waals surface area (Å²) in [6.07, 6.45) is 0. The molecule has 0 aliphatic rings. The Kier molecular flexibility index (Phi) is 5.63. The van der Waals surface area contributed by atoms with Gasteiger partial charge in [0.1, 0.15) is 16.8 Å². The normalized spacial score (nSPS) is 12.0. The SMILES string of the molecule is c1ccc(-c2nc(-c3ccccc3)c3oc4cccc(-c5ccc6c7c5c5ccccc5c5cccc(c57)n6-c5ccccc5)c4c3n2)cc1. The quantitative estimate of drug-likeness (QED) is 0.180. The first-order chi connectivity index (χ1) is 24.8. The Labute approximate surface area is 286 Å². The van der Waals surface area contributed by atoms with Crippen LogP contribution in [0.3, 0.4) is 0 Å². The van der Waals surface area contributed by atoms with E-state index < -0.39 is 0 Å². The van der Waals surface area contributed by atoms with Crippen LogP contribution in [-0.4, -0.2) is 14.5 Å². The lowest BCUT2D eigenvalue weighted by molar-refractivity contribution is 0.667. The maximum absolute atomic E-state index is 6.74. The number of benzene rings is 8. The third-order valence-corrected chi connectivity index (χ3v) is 10.2. The van der Waals surface area contributed by atoms with Crippen molar-refractivity contribution in [2.45, 2.75) is 0 Å². The third kappa shape index (κ3) is 3.76. The van der Waals surface area contributed by atoms with Crippen LogP contribution in [0, 0.1) is 0 Å². The summed E-state index contributed by atoms with van der Waals surface area (Å²) in [6.45, 7) is 0. The maximum Gasteiger partial charge on any atom is 0.180 e. The largest absolute Gasteiger partial charge is 0.452 e. The van der Waals surface area contributed by atoms with Crippen molar-refractivity contribution in [3.05, 3.63) is 164 Å². The van der Waals surface area contributed by atoms with Gasteiger partial charge in [-0.1, -0.05) is 133 Å². The second-order valence-electron chi connectivity index (χ2n) is 12.9. The molecule has 0 fully saturated rings. The molecule has 0 aliphatic carbocycles. The summed E-state index contributed by atoms with van der Waals surface area (Å²) in [7, 11) is 0. The van der Waals surface area contributed by atoms with E-state index >= 15 is 0 Å². The van der Waals surface area contributed by atoms with Gasteiger partial charge in [-0.05, 0) is 57.6 Å². The molecule has 3 heterocycles. The van der Waals surface area contributed by atoms with Crippen LogP contribution in [-0.2, 0) is 0 Å². The van der Waals surface area contributed by atoms with Gasteiger partial charge in [0.25, 0.3) is 0 Å². The van der Waals surface area contributed by atoms with Crippen molar-refractivity contribution in [1.29, 1.82) is 0 Å². The Morgan fingerprint density at radius 2 is 1.04 bits per heavy atom. The minimum Gasteiger partial charge on any atom is -0.452 e. The van der Waals surface area contributed by atoms with Gasteiger partial charge in [0.2, 0.25) is 0 Å². The zero-order chi connectivity index (χ0) is 32.8. The summed E-state index contributed by atoms with van der Waals surface area (Å²) in [4.78, 5) is 10.4. The van der Waals surface area contributed by atoms with Crippen molar-refractivity contribution < 1.29 is 4.42 Å². The standard InChI is InChI=1S/C46H27N3O/c1-4-14-28(15-5-1)43-45-44(48-46(47-43)29-16-6-2-7-17-29)41-34(23-13-25-38(41)50-45)35-26-27-37-42-39(35)32-21-11-10-20-31(32)33-22-12-24-36(40(33)42)49(37)30-18-8-3-9-19-30/h1-27H. The number of furan rings is 1. The fourth-order valence-electron chi connectivity index (χ4n) is 8.09. The van der Waals surface area contributed by atoms with Crippen LogP contribution < -0.4 is 0 Å². The number of rotatable bonds is 4. The molecule has 50 heavy (non-hydrogen) atoms. The molecule has 0 saturated carbocycles. The van der Waals surface area contributed by atoms with Crippen LogP contribution in [0.4, 0.5) is 0 Å². The highest BCUT2D eigenvalue weighted by Gasteiger charge is 2.25. The summed E-state index contributed by atoms with van der Waals surface area (Å²) in [5, 5.41) is 8.52. The van der Waals surface area contributed by atoms with E-state index in [1.54, 1.807) is 0 Å². The van der Waals surface area contributed by atoms with Crippen molar-refractivity contribution in [2.24, 2.45) is 0 Å². The van der Waals surface area contributed by atoms with Gasteiger partial charge in [-0.3, -0.25) is 0 Å². The minimum atomic E-state index is 0.673. The molecule has 232 valence electrons. The third-order valence-electron chi connectivity index (χ3n) is 10.2. The zero-order valence-corrected chi connectivity index (χ0v) is 26.8. The molecule has 0 aliphatic heterocycles. The molecule has 4 heteroatoms. The molecule has 8 aromatic carbocycles. The lowest BCUT2D eigenvalue weighted by Gasteiger charge is -2.14. The number of aromatic nitrogens is 3. The second-order valence-corrected chi connectivity index (χ2v) is 12.9. The van der Waals surface area contributed by atoms with E-state index in [2.05, 4.69) is 132 Å². The molecule has 0 spiro atoms. The Morgan fingerprint density at radius 3 is 1.84 bits per heavy atom. The van der Waals surface area contributed by atoms with Crippen LogP contribution >= 0.6 is 0 Å². The first-order valence-electron chi connectivity index (χ1n) is 16.9. The predicted molar refractivity (Wildman–Crippen MR) is 206 cm³/mol. The Hall–Kier alpha value is -6.78. The van der Waals surface area contributed by atoms with Crippen molar-refractivity contribution in [1.82, 2.24) is 14.5 Å². The smallest absolute Gasteiger partial charge is 0.180 e. The number of para-hydroxylation sites is 1. The number of hydrogen-bond donors (Lipinski definition) is 0. The molecule has 11 aromatic rings. The maximum atomic E-state index is 6.74.